The Kier molecular flexibility index (Phi) is 5.53. The van der Waals surface area contributed by atoms with Crippen LogP contribution in [0.1, 0.15) is 92.9 Å². The summed E-state index contributed by atoms with van der Waals surface area (Å²) in [4.78, 5) is 24.7. The van der Waals surface area contributed by atoms with E-state index in [1.165, 1.54) is 12.8 Å². The second kappa shape index (κ2) is 7.17. The zero-order valence-electron chi connectivity index (χ0n) is 18.1. The number of ether oxygens (including phenoxy) is 2. The summed E-state index contributed by atoms with van der Waals surface area (Å²) in [5.74, 6) is 1.77. The summed E-state index contributed by atoms with van der Waals surface area (Å²) in [7, 11) is 0. The van der Waals surface area contributed by atoms with Gasteiger partial charge in [-0.1, -0.05) is 41.0 Å². The van der Waals surface area contributed by atoms with E-state index in [0.717, 1.165) is 32.1 Å². The monoisotopic (exact) mass is 378 g/mol. The first-order chi connectivity index (χ1) is 12.5. The first-order valence-corrected chi connectivity index (χ1v) is 10.9. The molecule has 0 aromatic rings. The van der Waals surface area contributed by atoms with Gasteiger partial charge in [-0.25, -0.2) is 4.79 Å². The zero-order valence-corrected chi connectivity index (χ0v) is 18.1. The predicted octanol–water partition coefficient (Wildman–Crippen LogP) is 5.28. The smallest absolute Gasteiger partial charge is 0.340 e. The maximum Gasteiger partial charge on any atom is 0.340 e. The van der Waals surface area contributed by atoms with Crippen molar-refractivity contribution in [1.82, 2.24) is 0 Å². The molecule has 1 unspecified atom stereocenters. The summed E-state index contributed by atoms with van der Waals surface area (Å²) < 4.78 is 11.5. The molecule has 3 aliphatic rings. The molecule has 154 valence electrons. The van der Waals surface area contributed by atoms with E-state index in [1.807, 2.05) is 27.7 Å². The van der Waals surface area contributed by atoms with Gasteiger partial charge in [-0.15, -0.1) is 0 Å². The van der Waals surface area contributed by atoms with Crippen LogP contribution in [0.25, 0.3) is 0 Å². The molecular formula is C23H38O4. The molecule has 4 nitrogen and oxygen atoms in total. The van der Waals surface area contributed by atoms with Gasteiger partial charge < -0.3 is 9.47 Å². The third-order valence-corrected chi connectivity index (χ3v) is 7.66. The lowest BCUT2D eigenvalue weighted by Gasteiger charge is -2.42. The van der Waals surface area contributed by atoms with Crippen molar-refractivity contribution in [3.05, 3.63) is 0 Å². The summed E-state index contributed by atoms with van der Waals surface area (Å²) in [6.45, 7) is 12.7. The molecule has 0 aromatic carbocycles. The molecule has 0 bridgehead atoms. The Balaban J connectivity index is 1.55. The number of hydrogen-bond acceptors (Lipinski definition) is 4. The molecule has 1 saturated heterocycles. The second-order valence-corrected chi connectivity index (χ2v) is 10.9. The van der Waals surface area contributed by atoms with Crippen molar-refractivity contribution in [2.45, 2.75) is 105 Å². The minimum absolute atomic E-state index is 0.193. The topological polar surface area (TPSA) is 52.6 Å². The third-order valence-electron chi connectivity index (χ3n) is 7.66. The summed E-state index contributed by atoms with van der Waals surface area (Å²) in [6, 6.07) is 0. The summed E-state index contributed by atoms with van der Waals surface area (Å²) in [5, 5.41) is 0. The maximum absolute atomic E-state index is 12.4. The molecule has 6 atom stereocenters. The third kappa shape index (κ3) is 3.83. The highest BCUT2D eigenvalue weighted by Crippen LogP contribution is 2.57. The van der Waals surface area contributed by atoms with Gasteiger partial charge in [0.15, 0.2) is 5.60 Å². The van der Waals surface area contributed by atoms with Crippen LogP contribution >= 0.6 is 0 Å². The van der Waals surface area contributed by atoms with Crippen LogP contribution in [0, 0.1) is 28.6 Å². The first kappa shape index (κ1) is 20.8. The number of Topliss-reactive ketones (excluding diaryl/α,β-unsaturated/α-hetero) is 1. The summed E-state index contributed by atoms with van der Waals surface area (Å²) >= 11 is 0. The Hall–Kier alpha value is -0.900. The molecule has 4 heteroatoms. The fourth-order valence-electron chi connectivity index (χ4n) is 5.91. The molecule has 0 spiro atoms. The van der Waals surface area contributed by atoms with E-state index in [2.05, 4.69) is 13.8 Å². The van der Waals surface area contributed by atoms with Crippen molar-refractivity contribution in [1.29, 1.82) is 0 Å². The average Bonchev–Trinajstić information content (AvgIpc) is 3.06. The van der Waals surface area contributed by atoms with Gasteiger partial charge in [0.2, 0.25) is 6.29 Å². The van der Waals surface area contributed by atoms with Crippen LogP contribution in [-0.4, -0.2) is 23.6 Å². The average molecular weight is 379 g/mol. The summed E-state index contributed by atoms with van der Waals surface area (Å²) in [6.07, 6.45) is 7.56. The standard InChI is InChI=1S/C23H38O4/c1-15(16-11-12-17-18(24)10-8-13-22(16,17)5)9-7-14-23(6)19(25)26-20(27-23)21(2,3)4/h15-17,20H,7-14H2,1-6H3/t15-,16-,17?,20+,22-,23+/m1/s1. The molecule has 2 aliphatic carbocycles. The highest BCUT2D eigenvalue weighted by Gasteiger charge is 2.53. The molecular weight excluding hydrogens is 340 g/mol. The van der Waals surface area contributed by atoms with Gasteiger partial charge in [-0.3, -0.25) is 4.79 Å². The minimum atomic E-state index is -0.819. The number of carbonyl (C=O) groups excluding carboxylic acids is 2. The van der Waals surface area contributed by atoms with Crippen molar-refractivity contribution < 1.29 is 19.1 Å². The highest BCUT2D eigenvalue weighted by molar-refractivity contribution is 5.83. The molecule has 1 heterocycles. The Morgan fingerprint density at radius 1 is 1.19 bits per heavy atom. The van der Waals surface area contributed by atoms with Gasteiger partial charge in [0.05, 0.1) is 0 Å². The zero-order chi connectivity index (χ0) is 20.0. The lowest BCUT2D eigenvalue weighted by atomic mass is 9.62. The van der Waals surface area contributed by atoms with Crippen molar-refractivity contribution >= 4 is 11.8 Å². The van der Waals surface area contributed by atoms with E-state index in [1.54, 1.807) is 0 Å². The number of esters is 1. The predicted molar refractivity (Wildman–Crippen MR) is 105 cm³/mol. The number of carbonyl (C=O) groups is 2. The van der Waals surface area contributed by atoms with Crippen molar-refractivity contribution in [2.75, 3.05) is 0 Å². The SMILES string of the molecule is C[C@H](CCC[C@]1(C)O[C@@H](C(C)(C)C)OC1=O)[C@H]1CCC2C(=O)CCC[C@@]21C. The largest absolute Gasteiger partial charge is 0.433 e. The maximum atomic E-state index is 12.4. The van der Waals surface area contributed by atoms with Gasteiger partial charge in [0.1, 0.15) is 5.78 Å². The lowest BCUT2D eigenvalue weighted by Crippen LogP contribution is -2.39. The fourth-order valence-corrected chi connectivity index (χ4v) is 5.91. The Bertz CT molecular complexity index is 592. The van der Waals surface area contributed by atoms with E-state index in [0.29, 0.717) is 24.0 Å². The molecule has 0 N–H and O–H groups in total. The van der Waals surface area contributed by atoms with Crippen LogP contribution in [0.5, 0.6) is 0 Å². The van der Waals surface area contributed by atoms with Crippen LogP contribution in [0.2, 0.25) is 0 Å². The van der Waals surface area contributed by atoms with Gasteiger partial charge in [-0.2, -0.15) is 0 Å². The van der Waals surface area contributed by atoms with Gasteiger partial charge in [-0.05, 0) is 62.7 Å². The number of rotatable bonds is 5. The van der Waals surface area contributed by atoms with E-state index >= 15 is 0 Å². The van der Waals surface area contributed by atoms with Crippen LogP contribution in [0.3, 0.4) is 0 Å². The fraction of sp³-hybridized carbons (Fsp3) is 0.913. The van der Waals surface area contributed by atoms with Crippen molar-refractivity contribution in [3.8, 4) is 0 Å². The highest BCUT2D eigenvalue weighted by atomic mass is 16.8. The van der Waals surface area contributed by atoms with E-state index in [9.17, 15) is 9.59 Å². The van der Waals surface area contributed by atoms with Crippen LogP contribution < -0.4 is 0 Å². The number of cyclic esters (lactones) is 1. The van der Waals surface area contributed by atoms with E-state index in [4.69, 9.17) is 9.47 Å². The summed E-state index contributed by atoms with van der Waals surface area (Å²) in [5.41, 5.74) is -0.832. The first-order valence-electron chi connectivity index (χ1n) is 10.9. The number of ketones is 1. The molecule has 3 rings (SSSR count). The van der Waals surface area contributed by atoms with Crippen LogP contribution in [-0.2, 0) is 19.1 Å². The molecule has 0 aromatic heterocycles. The Morgan fingerprint density at radius 3 is 2.52 bits per heavy atom. The van der Waals surface area contributed by atoms with Crippen molar-refractivity contribution in [2.24, 2.45) is 28.6 Å². The van der Waals surface area contributed by atoms with Crippen molar-refractivity contribution in [3.63, 3.8) is 0 Å². The minimum Gasteiger partial charge on any atom is -0.433 e. The van der Waals surface area contributed by atoms with Crippen LogP contribution in [0.4, 0.5) is 0 Å². The Morgan fingerprint density at radius 2 is 1.89 bits per heavy atom. The Labute approximate surface area is 164 Å². The van der Waals surface area contributed by atoms with Crippen LogP contribution in [0.15, 0.2) is 0 Å². The lowest BCUT2D eigenvalue weighted by molar-refractivity contribution is -0.155. The molecule has 0 radical (unpaired) electrons. The molecule has 27 heavy (non-hydrogen) atoms. The van der Waals surface area contributed by atoms with Gasteiger partial charge >= 0.3 is 5.97 Å². The van der Waals surface area contributed by atoms with Gasteiger partial charge in [0, 0.05) is 17.8 Å². The second-order valence-electron chi connectivity index (χ2n) is 10.9. The molecule has 2 saturated carbocycles. The number of hydrogen-bond donors (Lipinski definition) is 0. The quantitative estimate of drug-likeness (QED) is 0.611. The van der Waals surface area contributed by atoms with E-state index < -0.39 is 11.9 Å². The normalized spacial score (nSPS) is 40.7. The van der Waals surface area contributed by atoms with E-state index in [-0.39, 0.29) is 22.7 Å². The molecule has 1 aliphatic heterocycles. The molecule has 0 amide bonds. The van der Waals surface area contributed by atoms with Gasteiger partial charge in [0.25, 0.3) is 0 Å². The molecule has 3 fully saturated rings. The number of fused-ring (bicyclic) bond motifs is 1.